The molecule has 0 saturated heterocycles. The Balaban J connectivity index is 1.38. The van der Waals surface area contributed by atoms with E-state index in [2.05, 4.69) is 15.5 Å². The largest absolute Gasteiger partial charge is 0.457 e. The lowest BCUT2D eigenvalue weighted by molar-refractivity contribution is 0.482. The van der Waals surface area contributed by atoms with E-state index in [0.29, 0.717) is 5.02 Å². The Morgan fingerprint density at radius 3 is 2.35 bits per heavy atom. The summed E-state index contributed by atoms with van der Waals surface area (Å²) in [5, 5.41) is 5.70. The Morgan fingerprint density at radius 1 is 0.923 bits per heavy atom. The number of para-hydroxylation sites is 1. The molecule has 4 aromatic rings. The molecule has 0 fully saturated rings. The summed E-state index contributed by atoms with van der Waals surface area (Å²) in [4.78, 5) is 4.48. The van der Waals surface area contributed by atoms with E-state index in [4.69, 9.17) is 16.3 Å². The number of nitrogens with zero attached hydrogens (tertiary/aromatic N) is 2. The van der Waals surface area contributed by atoms with Crippen molar-refractivity contribution in [3.05, 3.63) is 83.4 Å². The van der Waals surface area contributed by atoms with Crippen molar-refractivity contribution in [3.63, 3.8) is 0 Å². The van der Waals surface area contributed by atoms with Gasteiger partial charge in [-0.3, -0.25) is 5.43 Å². The number of aromatic nitrogens is 1. The molecule has 1 heterocycles. The second-order valence-corrected chi connectivity index (χ2v) is 6.95. The third-order valence-electron chi connectivity index (χ3n) is 3.60. The minimum atomic E-state index is 0.685. The third-order valence-corrected chi connectivity index (χ3v) is 4.79. The third kappa shape index (κ3) is 4.02. The molecule has 1 aromatic heterocycles. The van der Waals surface area contributed by atoms with E-state index in [0.717, 1.165) is 32.4 Å². The number of hydrogen-bond acceptors (Lipinski definition) is 5. The number of benzene rings is 3. The molecule has 0 unspecified atom stereocenters. The Morgan fingerprint density at radius 2 is 1.62 bits per heavy atom. The number of rotatable bonds is 5. The molecule has 1 N–H and O–H groups in total. The summed E-state index contributed by atoms with van der Waals surface area (Å²) in [7, 11) is 0. The number of anilines is 1. The minimum absolute atomic E-state index is 0.685. The summed E-state index contributed by atoms with van der Waals surface area (Å²) < 4.78 is 6.90. The van der Waals surface area contributed by atoms with Gasteiger partial charge < -0.3 is 4.74 Å². The topological polar surface area (TPSA) is 46.5 Å². The lowest BCUT2D eigenvalue weighted by Crippen LogP contribution is -1.90. The van der Waals surface area contributed by atoms with Gasteiger partial charge in [-0.15, -0.1) is 0 Å². The summed E-state index contributed by atoms with van der Waals surface area (Å²) in [6, 6.07) is 22.9. The summed E-state index contributed by atoms with van der Waals surface area (Å²) >= 11 is 7.44. The highest BCUT2D eigenvalue weighted by Gasteiger charge is 2.01. The fraction of sp³-hybridized carbons (Fsp3) is 0. The second-order valence-electron chi connectivity index (χ2n) is 5.48. The maximum atomic E-state index is 5.87. The van der Waals surface area contributed by atoms with E-state index in [1.807, 2.05) is 60.7 Å². The zero-order valence-electron chi connectivity index (χ0n) is 13.6. The lowest BCUT2D eigenvalue weighted by atomic mass is 10.2. The van der Waals surface area contributed by atoms with Gasteiger partial charge in [0.25, 0.3) is 0 Å². The van der Waals surface area contributed by atoms with Gasteiger partial charge >= 0.3 is 0 Å². The Labute approximate surface area is 159 Å². The molecule has 0 bridgehead atoms. The molecule has 0 amide bonds. The highest BCUT2D eigenvalue weighted by atomic mass is 35.5. The molecule has 3 aromatic carbocycles. The predicted octanol–water partition coefficient (Wildman–Crippen LogP) is 6.19. The SMILES string of the molecule is Clc1ccc(Oc2ccc(/C=N/Nc3nc4ccccc4s3)cc2)cc1. The van der Waals surface area contributed by atoms with Crippen molar-refractivity contribution in [2.45, 2.75) is 0 Å². The van der Waals surface area contributed by atoms with Gasteiger partial charge in [0.05, 0.1) is 16.4 Å². The zero-order valence-corrected chi connectivity index (χ0v) is 15.2. The summed E-state index contributed by atoms with van der Waals surface area (Å²) in [6.45, 7) is 0. The molecule has 0 saturated carbocycles. The number of thiazole rings is 1. The maximum absolute atomic E-state index is 5.87. The normalized spacial score (nSPS) is 11.1. The van der Waals surface area contributed by atoms with Gasteiger partial charge in [-0.2, -0.15) is 5.10 Å². The smallest absolute Gasteiger partial charge is 0.204 e. The molecule has 0 spiro atoms. The highest BCUT2D eigenvalue weighted by Crippen LogP contribution is 2.25. The molecule has 128 valence electrons. The van der Waals surface area contributed by atoms with E-state index in [1.165, 1.54) is 0 Å². The monoisotopic (exact) mass is 379 g/mol. The van der Waals surface area contributed by atoms with Gasteiger partial charge in [-0.1, -0.05) is 35.1 Å². The average molecular weight is 380 g/mol. The van der Waals surface area contributed by atoms with Crippen molar-refractivity contribution >= 4 is 44.5 Å². The van der Waals surface area contributed by atoms with Gasteiger partial charge in [-0.25, -0.2) is 4.98 Å². The number of ether oxygens (including phenoxy) is 1. The molecule has 6 heteroatoms. The number of halogens is 1. The fourth-order valence-electron chi connectivity index (χ4n) is 2.34. The molecular weight excluding hydrogens is 366 g/mol. The first kappa shape index (κ1) is 16.6. The van der Waals surface area contributed by atoms with Crippen LogP contribution in [0.1, 0.15) is 5.56 Å². The molecule has 4 rings (SSSR count). The van der Waals surface area contributed by atoms with E-state index in [9.17, 15) is 0 Å². The number of fused-ring (bicyclic) bond motifs is 1. The first-order valence-electron chi connectivity index (χ1n) is 7.94. The Kier molecular flexibility index (Phi) is 4.82. The molecule has 0 atom stereocenters. The lowest BCUT2D eigenvalue weighted by Gasteiger charge is -2.05. The van der Waals surface area contributed by atoms with E-state index in [1.54, 1.807) is 29.7 Å². The van der Waals surface area contributed by atoms with Crippen molar-refractivity contribution in [3.8, 4) is 11.5 Å². The molecule has 0 radical (unpaired) electrons. The van der Waals surface area contributed by atoms with Crippen LogP contribution in [0.15, 0.2) is 77.9 Å². The van der Waals surface area contributed by atoms with Crippen molar-refractivity contribution in [2.75, 3.05) is 5.43 Å². The first-order chi connectivity index (χ1) is 12.8. The van der Waals surface area contributed by atoms with Crippen LogP contribution in [0, 0.1) is 0 Å². The van der Waals surface area contributed by atoms with E-state index >= 15 is 0 Å². The Bertz CT molecular complexity index is 1010. The molecular formula is C20H14ClN3OS. The van der Waals surface area contributed by atoms with Gasteiger partial charge in [0.15, 0.2) is 0 Å². The van der Waals surface area contributed by atoms with Crippen LogP contribution in [0.25, 0.3) is 10.2 Å². The molecule has 4 nitrogen and oxygen atoms in total. The summed E-state index contributed by atoms with van der Waals surface area (Å²) in [5.74, 6) is 1.50. The van der Waals surface area contributed by atoms with Crippen molar-refractivity contribution in [1.29, 1.82) is 0 Å². The molecule has 26 heavy (non-hydrogen) atoms. The average Bonchev–Trinajstić information content (AvgIpc) is 3.08. The van der Waals surface area contributed by atoms with Gasteiger partial charge in [0, 0.05) is 5.02 Å². The van der Waals surface area contributed by atoms with Crippen molar-refractivity contribution in [2.24, 2.45) is 5.10 Å². The van der Waals surface area contributed by atoms with Gasteiger partial charge in [0.2, 0.25) is 5.13 Å². The Hall–Kier alpha value is -2.89. The van der Waals surface area contributed by atoms with Crippen LogP contribution in [0.2, 0.25) is 5.02 Å². The maximum Gasteiger partial charge on any atom is 0.204 e. The van der Waals surface area contributed by atoms with Crippen LogP contribution in [-0.2, 0) is 0 Å². The molecule has 0 aliphatic heterocycles. The van der Waals surface area contributed by atoms with Crippen LogP contribution in [0.4, 0.5) is 5.13 Å². The predicted molar refractivity (Wildman–Crippen MR) is 109 cm³/mol. The highest BCUT2D eigenvalue weighted by molar-refractivity contribution is 7.22. The second kappa shape index (κ2) is 7.56. The molecule has 0 aliphatic rings. The van der Waals surface area contributed by atoms with Crippen LogP contribution in [0.3, 0.4) is 0 Å². The summed E-state index contributed by atoms with van der Waals surface area (Å²) in [5.41, 5.74) is 4.91. The quantitative estimate of drug-likeness (QED) is 0.332. The minimum Gasteiger partial charge on any atom is -0.457 e. The molecule has 0 aliphatic carbocycles. The standard InChI is InChI=1S/C20H14ClN3OS/c21-15-7-11-17(12-8-15)25-16-9-5-14(6-10-16)13-22-24-20-23-18-3-1-2-4-19(18)26-20/h1-13H,(H,23,24)/b22-13+. The number of hydrogen-bond donors (Lipinski definition) is 1. The van der Waals surface area contributed by atoms with Gasteiger partial charge in [-0.05, 0) is 66.2 Å². The van der Waals surface area contributed by atoms with Crippen LogP contribution >= 0.6 is 22.9 Å². The van der Waals surface area contributed by atoms with Crippen LogP contribution < -0.4 is 10.2 Å². The van der Waals surface area contributed by atoms with Crippen molar-refractivity contribution in [1.82, 2.24) is 4.98 Å². The summed E-state index contributed by atoms with van der Waals surface area (Å²) in [6.07, 6.45) is 1.75. The number of nitrogens with one attached hydrogen (secondary N) is 1. The van der Waals surface area contributed by atoms with E-state index < -0.39 is 0 Å². The number of hydrazone groups is 1. The van der Waals surface area contributed by atoms with Gasteiger partial charge in [0.1, 0.15) is 11.5 Å². The van der Waals surface area contributed by atoms with Crippen molar-refractivity contribution < 1.29 is 4.74 Å². The van der Waals surface area contributed by atoms with E-state index in [-0.39, 0.29) is 0 Å². The fourth-order valence-corrected chi connectivity index (χ4v) is 3.28. The van der Waals surface area contributed by atoms with Crippen LogP contribution in [0.5, 0.6) is 11.5 Å². The first-order valence-corrected chi connectivity index (χ1v) is 9.14. The zero-order chi connectivity index (χ0) is 17.8. The van der Waals surface area contributed by atoms with Crippen LogP contribution in [-0.4, -0.2) is 11.2 Å².